The van der Waals surface area contributed by atoms with Crippen LogP contribution in [0.15, 0.2) is 16.3 Å². The van der Waals surface area contributed by atoms with Crippen LogP contribution >= 0.6 is 11.3 Å². The lowest BCUT2D eigenvalue weighted by Gasteiger charge is -2.12. The van der Waals surface area contributed by atoms with Gasteiger partial charge in [-0.15, -0.1) is 11.3 Å². The molecule has 1 aromatic rings. The van der Waals surface area contributed by atoms with Crippen LogP contribution in [-0.2, 0) is 16.4 Å². The highest BCUT2D eigenvalue weighted by molar-refractivity contribution is 7.91. The standard InChI is InChI=1S/C11H16N2O2S2/c1-3-9(7-8-12)13-17(14,15)11-6-5-10(4-2)16-11/h5-6,9,13H,3-4,7H2,1-2H3. The van der Waals surface area contributed by atoms with E-state index in [0.29, 0.717) is 10.6 Å². The number of rotatable bonds is 6. The van der Waals surface area contributed by atoms with Gasteiger partial charge >= 0.3 is 0 Å². The lowest BCUT2D eigenvalue weighted by molar-refractivity contribution is 0.545. The van der Waals surface area contributed by atoms with E-state index in [1.807, 2.05) is 26.0 Å². The molecule has 0 saturated heterocycles. The zero-order valence-corrected chi connectivity index (χ0v) is 11.6. The van der Waals surface area contributed by atoms with Crippen LogP contribution in [0.25, 0.3) is 0 Å². The number of nitrogens with zero attached hydrogens (tertiary/aromatic N) is 1. The third-order valence-corrected chi connectivity index (χ3v) is 5.64. The maximum atomic E-state index is 12.0. The zero-order valence-electron chi connectivity index (χ0n) is 9.93. The second-order valence-electron chi connectivity index (χ2n) is 3.66. The summed E-state index contributed by atoms with van der Waals surface area (Å²) in [4.78, 5) is 1.04. The number of nitrogens with one attached hydrogen (secondary N) is 1. The highest BCUT2D eigenvalue weighted by atomic mass is 32.2. The minimum atomic E-state index is -3.47. The number of aryl methyl sites for hydroxylation is 1. The van der Waals surface area contributed by atoms with E-state index >= 15 is 0 Å². The van der Waals surface area contributed by atoms with Gasteiger partial charge in [-0.1, -0.05) is 13.8 Å². The Bertz CT molecular complexity index is 500. The second kappa shape index (κ2) is 6.15. The van der Waals surface area contributed by atoms with Gasteiger partial charge in [0.15, 0.2) is 0 Å². The van der Waals surface area contributed by atoms with E-state index in [2.05, 4.69) is 4.72 Å². The fourth-order valence-electron chi connectivity index (χ4n) is 1.35. The molecule has 0 aromatic carbocycles. The number of nitriles is 1. The highest BCUT2D eigenvalue weighted by Gasteiger charge is 2.20. The average molecular weight is 272 g/mol. The number of hydrogen-bond acceptors (Lipinski definition) is 4. The predicted octanol–water partition coefficient (Wildman–Crippen LogP) is 2.28. The summed E-state index contributed by atoms with van der Waals surface area (Å²) in [5, 5.41) is 8.60. The molecule has 6 heteroatoms. The van der Waals surface area contributed by atoms with Gasteiger partial charge in [0.1, 0.15) is 4.21 Å². The van der Waals surface area contributed by atoms with Gasteiger partial charge in [0.25, 0.3) is 0 Å². The average Bonchev–Trinajstić information content (AvgIpc) is 2.77. The summed E-state index contributed by atoms with van der Waals surface area (Å²) < 4.78 is 26.9. The first-order valence-electron chi connectivity index (χ1n) is 5.51. The van der Waals surface area contributed by atoms with Crippen molar-refractivity contribution >= 4 is 21.4 Å². The molecule has 1 atom stereocenters. The first-order chi connectivity index (χ1) is 8.03. The summed E-state index contributed by atoms with van der Waals surface area (Å²) in [5.41, 5.74) is 0. The number of hydrogen-bond donors (Lipinski definition) is 1. The van der Waals surface area contributed by atoms with E-state index in [1.54, 1.807) is 6.07 Å². The fourth-order valence-corrected chi connectivity index (χ4v) is 3.98. The molecule has 4 nitrogen and oxygen atoms in total. The van der Waals surface area contributed by atoms with Crippen LogP contribution in [0.4, 0.5) is 0 Å². The van der Waals surface area contributed by atoms with Crippen molar-refractivity contribution in [1.82, 2.24) is 4.72 Å². The molecule has 1 aromatic heterocycles. The Morgan fingerprint density at radius 1 is 1.47 bits per heavy atom. The lowest BCUT2D eigenvalue weighted by Crippen LogP contribution is -2.33. The smallest absolute Gasteiger partial charge is 0.206 e. The first-order valence-corrected chi connectivity index (χ1v) is 7.81. The van der Waals surface area contributed by atoms with Crippen molar-refractivity contribution in [2.75, 3.05) is 0 Å². The third-order valence-electron chi connectivity index (χ3n) is 2.40. The van der Waals surface area contributed by atoms with Crippen LogP contribution in [0, 0.1) is 11.3 Å². The van der Waals surface area contributed by atoms with E-state index < -0.39 is 10.0 Å². The normalized spacial score (nSPS) is 13.2. The largest absolute Gasteiger partial charge is 0.250 e. The molecule has 0 aliphatic carbocycles. The van der Waals surface area contributed by atoms with Crippen LogP contribution in [-0.4, -0.2) is 14.5 Å². The van der Waals surface area contributed by atoms with E-state index in [1.165, 1.54) is 11.3 Å². The molecule has 0 amide bonds. The third kappa shape index (κ3) is 3.80. The Morgan fingerprint density at radius 2 is 2.18 bits per heavy atom. The van der Waals surface area contributed by atoms with Crippen LogP contribution in [0.1, 0.15) is 31.6 Å². The van der Waals surface area contributed by atoms with Crippen LogP contribution in [0.2, 0.25) is 0 Å². The molecule has 1 N–H and O–H groups in total. The van der Waals surface area contributed by atoms with Crippen molar-refractivity contribution < 1.29 is 8.42 Å². The van der Waals surface area contributed by atoms with Gasteiger partial charge in [0, 0.05) is 10.9 Å². The molecule has 1 rings (SSSR count). The Hall–Kier alpha value is -0.900. The first kappa shape index (κ1) is 14.2. The molecule has 0 spiro atoms. The Kier molecular flexibility index (Phi) is 5.12. The summed E-state index contributed by atoms with van der Waals surface area (Å²) in [7, 11) is -3.47. The minimum Gasteiger partial charge on any atom is -0.206 e. The predicted molar refractivity (Wildman–Crippen MR) is 68.3 cm³/mol. The molecule has 0 aliphatic heterocycles. The van der Waals surface area contributed by atoms with Gasteiger partial charge < -0.3 is 0 Å². The van der Waals surface area contributed by atoms with Gasteiger partial charge in [0.05, 0.1) is 12.5 Å². The van der Waals surface area contributed by atoms with Gasteiger partial charge in [-0.25, -0.2) is 13.1 Å². The molecule has 1 heterocycles. The monoisotopic (exact) mass is 272 g/mol. The van der Waals surface area contributed by atoms with Crippen LogP contribution < -0.4 is 4.72 Å². The van der Waals surface area contributed by atoms with Crippen molar-refractivity contribution in [3.8, 4) is 6.07 Å². The molecular weight excluding hydrogens is 256 g/mol. The maximum Gasteiger partial charge on any atom is 0.250 e. The van der Waals surface area contributed by atoms with E-state index in [0.717, 1.165) is 11.3 Å². The molecular formula is C11H16N2O2S2. The summed E-state index contributed by atoms with van der Waals surface area (Å²) in [6.45, 7) is 3.84. The molecule has 17 heavy (non-hydrogen) atoms. The fraction of sp³-hybridized carbons (Fsp3) is 0.545. The molecule has 0 aliphatic rings. The van der Waals surface area contributed by atoms with Crippen molar-refractivity contribution in [1.29, 1.82) is 5.26 Å². The molecule has 94 valence electrons. The zero-order chi connectivity index (χ0) is 12.9. The van der Waals surface area contributed by atoms with Crippen molar-refractivity contribution in [3.63, 3.8) is 0 Å². The molecule has 0 fully saturated rings. The van der Waals surface area contributed by atoms with E-state index in [9.17, 15) is 8.42 Å². The van der Waals surface area contributed by atoms with E-state index in [-0.39, 0.29) is 12.5 Å². The quantitative estimate of drug-likeness (QED) is 0.863. The van der Waals surface area contributed by atoms with Gasteiger partial charge in [-0.05, 0) is 25.0 Å². The Balaban J connectivity index is 2.84. The summed E-state index contributed by atoms with van der Waals surface area (Å²) >= 11 is 1.28. The second-order valence-corrected chi connectivity index (χ2v) is 6.77. The Labute approximate surface area is 106 Å². The summed E-state index contributed by atoms with van der Waals surface area (Å²) in [6, 6.07) is 5.12. The van der Waals surface area contributed by atoms with Crippen molar-refractivity contribution in [2.24, 2.45) is 0 Å². The van der Waals surface area contributed by atoms with Crippen LogP contribution in [0.5, 0.6) is 0 Å². The Morgan fingerprint density at radius 3 is 2.65 bits per heavy atom. The van der Waals surface area contributed by atoms with Crippen molar-refractivity contribution in [2.45, 2.75) is 43.4 Å². The molecule has 0 bridgehead atoms. The van der Waals surface area contributed by atoms with Crippen molar-refractivity contribution in [3.05, 3.63) is 17.0 Å². The van der Waals surface area contributed by atoms with E-state index in [4.69, 9.17) is 5.26 Å². The SMILES string of the molecule is CCc1ccc(S(=O)(=O)NC(CC)CC#N)s1. The minimum absolute atomic E-state index is 0.196. The topological polar surface area (TPSA) is 70.0 Å². The van der Waals surface area contributed by atoms with Gasteiger partial charge in [0.2, 0.25) is 10.0 Å². The summed E-state index contributed by atoms with van der Waals surface area (Å²) in [5.74, 6) is 0. The van der Waals surface area contributed by atoms with Gasteiger partial charge in [-0.3, -0.25) is 0 Å². The van der Waals surface area contributed by atoms with Crippen LogP contribution in [0.3, 0.4) is 0 Å². The maximum absolute atomic E-state index is 12.0. The molecule has 1 unspecified atom stereocenters. The molecule has 0 radical (unpaired) electrons. The number of thiophene rings is 1. The highest BCUT2D eigenvalue weighted by Crippen LogP contribution is 2.22. The van der Waals surface area contributed by atoms with Gasteiger partial charge in [-0.2, -0.15) is 5.26 Å². The molecule has 0 saturated carbocycles. The lowest BCUT2D eigenvalue weighted by atomic mass is 10.2. The number of sulfonamides is 1. The summed E-state index contributed by atoms with van der Waals surface area (Å²) in [6.07, 6.45) is 1.64.